The van der Waals surface area contributed by atoms with Gasteiger partial charge in [-0.25, -0.2) is 0 Å². The van der Waals surface area contributed by atoms with Gasteiger partial charge in [0.05, 0.1) is 17.9 Å². The smallest absolute Gasteiger partial charge is 0.228 e. The summed E-state index contributed by atoms with van der Waals surface area (Å²) >= 11 is 1.10. The molecule has 0 bridgehead atoms. The lowest BCUT2D eigenvalue weighted by molar-refractivity contribution is -0.117. The van der Waals surface area contributed by atoms with Crippen LogP contribution in [0.1, 0.15) is 12.8 Å². The summed E-state index contributed by atoms with van der Waals surface area (Å²) < 4.78 is 7.64. The number of nitrogens with zero attached hydrogens (tertiary/aromatic N) is 2. The van der Waals surface area contributed by atoms with Crippen LogP contribution in [0.4, 0.5) is 5.82 Å². The molecule has 1 aliphatic rings. The number of nitrogens with one attached hydrogen (secondary N) is 1. The van der Waals surface area contributed by atoms with Gasteiger partial charge in [0, 0.05) is 5.92 Å². The van der Waals surface area contributed by atoms with Gasteiger partial charge in [-0.15, -0.1) is 0 Å². The normalized spacial score (nSPS) is 16.4. The van der Waals surface area contributed by atoms with Crippen molar-refractivity contribution in [1.29, 1.82) is 0 Å². The monoisotopic (exact) mass is 169 g/mol. The van der Waals surface area contributed by atoms with E-state index in [1.807, 2.05) is 0 Å². The van der Waals surface area contributed by atoms with Gasteiger partial charge in [0.25, 0.3) is 0 Å². The largest absolute Gasteiger partial charge is 0.308 e. The molecule has 0 atom stereocenters. The Hall–Kier alpha value is -0.970. The average molecular weight is 169 g/mol. The molecule has 4 nitrogen and oxygen atoms in total. The quantitative estimate of drug-likeness (QED) is 0.715. The number of amides is 1. The maximum Gasteiger partial charge on any atom is 0.228 e. The number of rotatable bonds is 2. The SMILES string of the molecule is O=C(Nc1cnsn1)C1CC1. The average Bonchev–Trinajstić information content (AvgIpc) is 2.73. The van der Waals surface area contributed by atoms with Crippen molar-refractivity contribution in [2.24, 2.45) is 5.92 Å². The van der Waals surface area contributed by atoms with Gasteiger partial charge in [-0.05, 0) is 12.8 Å². The number of carbonyl (C=O) groups excluding carboxylic acids is 1. The Bertz CT molecular complexity index is 255. The van der Waals surface area contributed by atoms with Crippen molar-refractivity contribution in [3.63, 3.8) is 0 Å². The lowest BCUT2D eigenvalue weighted by Crippen LogP contribution is -2.13. The Labute approximate surface area is 68.0 Å². The Morgan fingerprint density at radius 2 is 2.55 bits per heavy atom. The topological polar surface area (TPSA) is 54.9 Å². The second-order valence-corrected chi connectivity index (χ2v) is 3.11. The molecule has 58 valence electrons. The number of carbonyl (C=O) groups is 1. The van der Waals surface area contributed by atoms with Gasteiger partial charge in [0.2, 0.25) is 5.91 Å². The molecule has 5 heteroatoms. The van der Waals surface area contributed by atoms with Crippen LogP contribution in [0.3, 0.4) is 0 Å². The lowest BCUT2D eigenvalue weighted by atomic mass is 10.4. The van der Waals surface area contributed by atoms with Crippen LogP contribution < -0.4 is 5.32 Å². The Morgan fingerprint density at radius 1 is 1.73 bits per heavy atom. The van der Waals surface area contributed by atoms with E-state index in [9.17, 15) is 4.79 Å². The molecular formula is C6H7N3OS. The summed E-state index contributed by atoms with van der Waals surface area (Å²) in [6, 6.07) is 0. The molecule has 0 saturated heterocycles. The predicted molar refractivity (Wildman–Crippen MR) is 41.3 cm³/mol. The van der Waals surface area contributed by atoms with Crippen LogP contribution in [-0.4, -0.2) is 14.7 Å². The van der Waals surface area contributed by atoms with E-state index in [2.05, 4.69) is 14.1 Å². The Kier molecular flexibility index (Phi) is 1.58. The van der Waals surface area contributed by atoms with E-state index in [1.165, 1.54) is 0 Å². The number of aromatic nitrogens is 2. The molecule has 1 aromatic rings. The molecule has 0 aliphatic heterocycles. The van der Waals surface area contributed by atoms with Gasteiger partial charge in [-0.1, -0.05) is 0 Å². The molecule has 1 N–H and O–H groups in total. The van der Waals surface area contributed by atoms with Gasteiger partial charge < -0.3 is 5.32 Å². The van der Waals surface area contributed by atoms with E-state index < -0.39 is 0 Å². The third-order valence-electron chi connectivity index (χ3n) is 1.56. The number of anilines is 1. The molecular weight excluding hydrogens is 162 g/mol. The molecule has 1 heterocycles. The maximum atomic E-state index is 11.1. The first kappa shape index (κ1) is 6.72. The Balaban J connectivity index is 1.94. The summed E-state index contributed by atoms with van der Waals surface area (Å²) in [6.07, 6.45) is 3.59. The summed E-state index contributed by atoms with van der Waals surface area (Å²) in [6.45, 7) is 0. The minimum atomic E-state index is 0.0812. The molecule has 1 aromatic heterocycles. The number of hydrogen-bond donors (Lipinski definition) is 1. The zero-order chi connectivity index (χ0) is 7.68. The first-order chi connectivity index (χ1) is 5.36. The molecule has 1 amide bonds. The first-order valence-corrected chi connectivity index (χ1v) is 4.18. The highest BCUT2D eigenvalue weighted by Crippen LogP contribution is 2.29. The van der Waals surface area contributed by atoms with Crippen molar-refractivity contribution in [3.05, 3.63) is 6.20 Å². The van der Waals surface area contributed by atoms with Crippen molar-refractivity contribution in [3.8, 4) is 0 Å². The summed E-state index contributed by atoms with van der Waals surface area (Å²) in [4.78, 5) is 11.1. The summed E-state index contributed by atoms with van der Waals surface area (Å²) in [5.41, 5.74) is 0. The maximum absolute atomic E-state index is 11.1. The molecule has 1 saturated carbocycles. The van der Waals surface area contributed by atoms with E-state index in [1.54, 1.807) is 6.20 Å². The third kappa shape index (κ3) is 1.54. The van der Waals surface area contributed by atoms with E-state index in [-0.39, 0.29) is 11.8 Å². The van der Waals surface area contributed by atoms with Crippen LogP contribution in [0, 0.1) is 5.92 Å². The van der Waals surface area contributed by atoms with E-state index in [4.69, 9.17) is 0 Å². The zero-order valence-electron chi connectivity index (χ0n) is 5.78. The van der Waals surface area contributed by atoms with Crippen molar-refractivity contribution >= 4 is 23.5 Å². The fraction of sp³-hybridized carbons (Fsp3) is 0.500. The predicted octanol–water partition coefficient (Wildman–Crippen LogP) is 0.887. The fourth-order valence-electron chi connectivity index (χ4n) is 0.794. The molecule has 11 heavy (non-hydrogen) atoms. The molecule has 1 fully saturated rings. The summed E-state index contributed by atoms with van der Waals surface area (Å²) in [5.74, 6) is 0.890. The fourth-order valence-corrected chi connectivity index (χ4v) is 1.17. The lowest BCUT2D eigenvalue weighted by Gasteiger charge is -1.95. The molecule has 2 rings (SSSR count). The van der Waals surface area contributed by atoms with Crippen LogP contribution in [0.2, 0.25) is 0 Å². The molecule has 0 aromatic carbocycles. The third-order valence-corrected chi connectivity index (χ3v) is 2.04. The minimum absolute atomic E-state index is 0.0812. The number of hydrogen-bond acceptors (Lipinski definition) is 4. The first-order valence-electron chi connectivity index (χ1n) is 3.44. The van der Waals surface area contributed by atoms with E-state index in [0.29, 0.717) is 5.82 Å². The summed E-state index contributed by atoms with van der Waals surface area (Å²) in [7, 11) is 0. The van der Waals surface area contributed by atoms with Gasteiger partial charge in [0.1, 0.15) is 0 Å². The van der Waals surface area contributed by atoms with Crippen molar-refractivity contribution in [2.45, 2.75) is 12.8 Å². The zero-order valence-corrected chi connectivity index (χ0v) is 6.60. The molecule has 0 unspecified atom stereocenters. The van der Waals surface area contributed by atoms with Crippen LogP contribution in [0.15, 0.2) is 6.20 Å². The highest BCUT2D eigenvalue weighted by atomic mass is 32.1. The van der Waals surface area contributed by atoms with Crippen molar-refractivity contribution in [2.75, 3.05) is 5.32 Å². The minimum Gasteiger partial charge on any atom is -0.308 e. The second-order valence-electron chi connectivity index (χ2n) is 2.56. The molecule has 0 radical (unpaired) electrons. The highest BCUT2D eigenvalue weighted by Gasteiger charge is 2.29. The van der Waals surface area contributed by atoms with Gasteiger partial charge in [0.15, 0.2) is 5.82 Å². The Morgan fingerprint density at radius 3 is 3.09 bits per heavy atom. The standard InChI is InChI=1S/C6H7N3OS/c10-6(4-1-2-4)8-5-3-7-11-9-5/h3-4H,1-2H2,(H,8,9,10). The molecule has 0 spiro atoms. The molecule has 1 aliphatic carbocycles. The highest BCUT2D eigenvalue weighted by molar-refractivity contribution is 6.99. The van der Waals surface area contributed by atoms with Gasteiger partial charge in [-0.2, -0.15) is 8.75 Å². The van der Waals surface area contributed by atoms with E-state index >= 15 is 0 Å². The van der Waals surface area contributed by atoms with Crippen LogP contribution in [0.25, 0.3) is 0 Å². The summed E-state index contributed by atoms with van der Waals surface area (Å²) in [5, 5.41) is 2.68. The van der Waals surface area contributed by atoms with Crippen LogP contribution in [0.5, 0.6) is 0 Å². The van der Waals surface area contributed by atoms with Crippen molar-refractivity contribution < 1.29 is 4.79 Å². The van der Waals surface area contributed by atoms with Crippen LogP contribution >= 0.6 is 11.7 Å². The van der Waals surface area contributed by atoms with Gasteiger partial charge in [-0.3, -0.25) is 4.79 Å². The second kappa shape index (κ2) is 2.58. The van der Waals surface area contributed by atoms with Gasteiger partial charge >= 0.3 is 0 Å². The van der Waals surface area contributed by atoms with Crippen molar-refractivity contribution in [1.82, 2.24) is 8.75 Å². The van der Waals surface area contributed by atoms with E-state index in [0.717, 1.165) is 24.6 Å². The van der Waals surface area contributed by atoms with Crippen LogP contribution in [-0.2, 0) is 4.79 Å².